The maximum Gasteiger partial charge on any atom is 0.0525 e. The number of hydrogen-bond donors (Lipinski definition) is 0. The van der Waals surface area contributed by atoms with Gasteiger partial charge in [0.25, 0.3) is 0 Å². The molecule has 1 atom stereocenters. The molecule has 0 heterocycles. The van der Waals surface area contributed by atoms with Gasteiger partial charge in [-0.25, -0.2) is 0 Å². The highest BCUT2D eigenvalue weighted by atomic mass is 15.1. The van der Waals surface area contributed by atoms with Crippen molar-refractivity contribution in [1.82, 2.24) is 0 Å². The fraction of sp³-hybridized carbons (Fsp3) is 0.217. The van der Waals surface area contributed by atoms with Crippen molar-refractivity contribution in [2.45, 2.75) is 33.1 Å². The van der Waals surface area contributed by atoms with E-state index >= 15 is 0 Å². The third-order valence-corrected chi connectivity index (χ3v) is 4.66. The van der Waals surface area contributed by atoms with E-state index in [1.165, 1.54) is 28.2 Å². The first kappa shape index (κ1) is 16.3. The highest BCUT2D eigenvalue weighted by Gasteiger charge is 2.19. The smallest absolute Gasteiger partial charge is 0.0525 e. The predicted molar refractivity (Wildman–Crippen MR) is 105 cm³/mol. The molecule has 0 N–H and O–H groups in total. The molecule has 1 nitrogen and oxygen atoms in total. The van der Waals surface area contributed by atoms with Crippen LogP contribution < -0.4 is 4.90 Å². The van der Waals surface area contributed by atoms with Gasteiger partial charge in [0.05, 0.1) is 5.69 Å². The molecule has 0 saturated carbocycles. The van der Waals surface area contributed by atoms with Crippen LogP contribution in [0.4, 0.5) is 17.1 Å². The van der Waals surface area contributed by atoms with Crippen molar-refractivity contribution >= 4 is 17.1 Å². The molecule has 0 radical (unpaired) electrons. The van der Waals surface area contributed by atoms with Gasteiger partial charge in [-0.3, -0.25) is 0 Å². The monoisotopic (exact) mass is 315 g/mol. The fourth-order valence-corrected chi connectivity index (χ4v) is 3.17. The SMILES string of the molecule is CCC(C)c1cccc(C)c1N(c1ccccc1)c1ccccc1. The average Bonchev–Trinajstić information content (AvgIpc) is 2.64. The minimum atomic E-state index is 0.523. The lowest BCUT2D eigenvalue weighted by Crippen LogP contribution is -2.14. The first-order chi connectivity index (χ1) is 11.7. The molecule has 3 rings (SSSR count). The van der Waals surface area contributed by atoms with Crippen molar-refractivity contribution < 1.29 is 0 Å². The lowest BCUT2D eigenvalue weighted by Gasteiger charge is -2.30. The van der Waals surface area contributed by atoms with Gasteiger partial charge < -0.3 is 4.90 Å². The number of hydrogen-bond acceptors (Lipinski definition) is 1. The van der Waals surface area contributed by atoms with E-state index in [0.717, 1.165) is 6.42 Å². The molecule has 0 aromatic heterocycles. The molecule has 0 amide bonds. The second-order valence-electron chi connectivity index (χ2n) is 6.33. The third-order valence-electron chi connectivity index (χ3n) is 4.66. The van der Waals surface area contributed by atoms with Crippen molar-refractivity contribution in [3.05, 3.63) is 90.0 Å². The number of benzene rings is 3. The highest BCUT2D eigenvalue weighted by Crippen LogP contribution is 2.41. The molecule has 3 aromatic carbocycles. The molecule has 0 fully saturated rings. The average molecular weight is 315 g/mol. The Bertz CT molecular complexity index is 738. The maximum absolute atomic E-state index is 2.39. The van der Waals surface area contributed by atoms with Crippen LogP contribution in [0.2, 0.25) is 0 Å². The first-order valence-electron chi connectivity index (χ1n) is 8.72. The van der Waals surface area contributed by atoms with E-state index in [4.69, 9.17) is 0 Å². The van der Waals surface area contributed by atoms with Gasteiger partial charge in [-0.05, 0) is 54.7 Å². The Balaban J connectivity index is 2.25. The Morgan fingerprint density at radius 2 is 1.29 bits per heavy atom. The Morgan fingerprint density at radius 3 is 1.79 bits per heavy atom. The van der Waals surface area contributed by atoms with Gasteiger partial charge in [0.2, 0.25) is 0 Å². The molecule has 1 unspecified atom stereocenters. The van der Waals surface area contributed by atoms with Crippen LogP contribution >= 0.6 is 0 Å². The second-order valence-corrected chi connectivity index (χ2v) is 6.33. The number of para-hydroxylation sites is 3. The number of aryl methyl sites for hydroxylation is 1. The molecule has 0 saturated heterocycles. The van der Waals surface area contributed by atoms with Gasteiger partial charge in [-0.1, -0.05) is 68.4 Å². The molecule has 0 spiro atoms. The minimum absolute atomic E-state index is 0.523. The summed E-state index contributed by atoms with van der Waals surface area (Å²) in [5, 5.41) is 0. The van der Waals surface area contributed by atoms with E-state index in [-0.39, 0.29) is 0 Å². The predicted octanol–water partition coefficient (Wildman–Crippen LogP) is 6.98. The van der Waals surface area contributed by atoms with E-state index in [2.05, 4.69) is 105 Å². The van der Waals surface area contributed by atoms with Crippen LogP contribution in [0.5, 0.6) is 0 Å². The topological polar surface area (TPSA) is 3.24 Å². The van der Waals surface area contributed by atoms with Gasteiger partial charge in [0.15, 0.2) is 0 Å². The summed E-state index contributed by atoms with van der Waals surface area (Å²) in [5.74, 6) is 0.523. The highest BCUT2D eigenvalue weighted by molar-refractivity contribution is 5.80. The van der Waals surface area contributed by atoms with Crippen LogP contribution in [0.15, 0.2) is 78.9 Å². The fourth-order valence-electron chi connectivity index (χ4n) is 3.17. The largest absolute Gasteiger partial charge is 0.310 e. The van der Waals surface area contributed by atoms with E-state index in [9.17, 15) is 0 Å². The van der Waals surface area contributed by atoms with Crippen molar-refractivity contribution in [3.63, 3.8) is 0 Å². The van der Waals surface area contributed by atoms with Crippen LogP contribution in [0.25, 0.3) is 0 Å². The van der Waals surface area contributed by atoms with Gasteiger partial charge in [0, 0.05) is 11.4 Å². The van der Waals surface area contributed by atoms with Crippen molar-refractivity contribution in [2.75, 3.05) is 4.90 Å². The Hall–Kier alpha value is -2.54. The molecule has 0 aliphatic rings. The van der Waals surface area contributed by atoms with Gasteiger partial charge in [-0.2, -0.15) is 0 Å². The van der Waals surface area contributed by atoms with Crippen LogP contribution in [-0.4, -0.2) is 0 Å². The normalized spacial score (nSPS) is 12.0. The lowest BCUT2D eigenvalue weighted by atomic mass is 9.93. The van der Waals surface area contributed by atoms with E-state index in [1.54, 1.807) is 0 Å². The summed E-state index contributed by atoms with van der Waals surface area (Å²) in [6.07, 6.45) is 1.13. The van der Waals surface area contributed by atoms with E-state index < -0.39 is 0 Å². The molecule has 1 heteroatoms. The Labute approximate surface area is 145 Å². The van der Waals surface area contributed by atoms with E-state index in [1.807, 2.05) is 0 Å². The zero-order chi connectivity index (χ0) is 16.9. The molecule has 0 aliphatic carbocycles. The van der Waals surface area contributed by atoms with Crippen molar-refractivity contribution in [3.8, 4) is 0 Å². The Morgan fingerprint density at radius 1 is 0.750 bits per heavy atom. The molecule has 0 bridgehead atoms. The summed E-state index contributed by atoms with van der Waals surface area (Å²) in [7, 11) is 0. The molecule has 122 valence electrons. The number of rotatable bonds is 5. The van der Waals surface area contributed by atoms with Crippen molar-refractivity contribution in [1.29, 1.82) is 0 Å². The summed E-state index contributed by atoms with van der Waals surface area (Å²) in [6.45, 7) is 6.78. The quantitative estimate of drug-likeness (QED) is 0.491. The molecule has 24 heavy (non-hydrogen) atoms. The van der Waals surface area contributed by atoms with E-state index in [0.29, 0.717) is 5.92 Å². The summed E-state index contributed by atoms with van der Waals surface area (Å²) < 4.78 is 0. The summed E-state index contributed by atoms with van der Waals surface area (Å²) in [4.78, 5) is 2.39. The summed E-state index contributed by atoms with van der Waals surface area (Å²) >= 11 is 0. The summed E-state index contributed by atoms with van der Waals surface area (Å²) in [5.41, 5.74) is 6.42. The lowest BCUT2D eigenvalue weighted by molar-refractivity contribution is 0.733. The van der Waals surface area contributed by atoms with Crippen molar-refractivity contribution in [2.24, 2.45) is 0 Å². The molecule has 0 aliphatic heterocycles. The first-order valence-corrected chi connectivity index (χ1v) is 8.72. The van der Waals surface area contributed by atoms with Crippen LogP contribution in [0.1, 0.15) is 37.3 Å². The third kappa shape index (κ3) is 3.21. The maximum atomic E-state index is 2.39. The zero-order valence-corrected chi connectivity index (χ0v) is 14.7. The van der Waals surface area contributed by atoms with Crippen LogP contribution in [0.3, 0.4) is 0 Å². The van der Waals surface area contributed by atoms with Crippen LogP contribution in [-0.2, 0) is 0 Å². The number of anilines is 3. The molecular formula is C23H25N. The zero-order valence-electron chi connectivity index (χ0n) is 14.7. The number of nitrogens with zero attached hydrogens (tertiary/aromatic N) is 1. The summed E-state index contributed by atoms with van der Waals surface area (Å²) in [6, 6.07) is 27.9. The molecular weight excluding hydrogens is 290 g/mol. The van der Waals surface area contributed by atoms with Gasteiger partial charge >= 0.3 is 0 Å². The second kappa shape index (κ2) is 7.35. The van der Waals surface area contributed by atoms with Gasteiger partial charge in [0.1, 0.15) is 0 Å². The minimum Gasteiger partial charge on any atom is -0.310 e. The van der Waals surface area contributed by atoms with Crippen LogP contribution in [0, 0.1) is 6.92 Å². The molecule has 3 aromatic rings. The Kier molecular flexibility index (Phi) is 5.00. The van der Waals surface area contributed by atoms with Gasteiger partial charge in [-0.15, -0.1) is 0 Å². The standard InChI is InChI=1S/C23H25N/c1-4-18(2)22-17-11-12-19(3)23(22)24(20-13-7-5-8-14-20)21-15-9-6-10-16-21/h5-18H,4H2,1-3H3.